The number of hydrogen-bond donors (Lipinski definition) is 0. The Kier molecular flexibility index (Phi) is 25.0. The number of ether oxygens (including phenoxy) is 7. The molecule has 3 saturated carbocycles. The Morgan fingerprint density at radius 1 is 0.433 bits per heavy atom. The molecule has 8 rings (SSSR count). The second kappa shape index (κ2) is 34.0. The van der Waals surface area contributed by atoms with Gasteiger partial charge in [0.1, 0.15) is 11.5 Å². The minimum Gasteiger partial charge on any atom is -0.465 e. The molecular weight excluding hydrogens is 1140 g/mol. The molecule has 0 atom stereocenters. The Morgan fingerprint density at radius 3 is 1.26 bits per heavy atom. The third kappa shape index (κ3) is 20.6. The van der Waals surface area contributed by atoms with Crippen molar-refractivity contribution in [3.8, 4) is 59.4 Å². The van der Waals surface area contributed by atoms with Gasteiger partial charge in [0, 0.05) is 45.5 Å². The number of carbonyl (C=O) groups excluding carboxylic acids is 7. The van der Waals surface area contributed by atoms with Gasteiger partial charge in [-0.2, -0.15) is 0 Å². The minimum absolute atomic E-state index is 0.100. The molecule has 0 aromatic heterocycles. The van der Waals surface area contributed by atoms with E-state index in [9.17, 15) is 33.6 Å². The predicted molar refractivity (Wildman–Crippen MR) is 338 cm³/mol. The van der Waals surface area contributed by atoms with Crippen LogP contribution in [0.15, 0.2) is 147 Å². The number of terminal acetylenes is 1. The van der Waals surface area contributed by atoms with Crippen molar-refractivity contribution in [1.82, 2.24) is 0 Å². The van der Waals surface area contributed by atoms with Crippen LogP contribution in [0, 0.1) is 71.5 Å². The average molecular weight is 1210 g/mol. The summed E-state index contributed by atoms with van der Waals surface area (Å²) in [6.45, 7) is 6.96. The molecule has 3 fully saturated rings. The maximum Gasteiger partial charge on any atom is 0.339 e. The Balaban J connectivity index is 0.844. The van der Waals surface area contributed by atoms with E-state index in [0.29, 0.717) is 96.0 Å². The molecule has 3 aliphatic carbocycles. The summed E-state index contributed by atoms with van der Waals surface area (Å²) in [5.74, 6) is 18.3. The maximum absolute atomic E-state index is 14.1. The van der Waals surface area contributed by atoms with E-state index in [1.165, 1.54) is 0 Å². The fourth-order valence-corrected chi connectivity index (χ4v) is 11.1. The van der Waals surface area contributed by atoms with Crippen LogP contribution >= 0.6 is 0 Å². The van der Waals surface area contributed by atoms with Gasteiger partial charge in [0.05, 0.1) is 42.4 Å². The first-order valence-electron chi connectivity index (χ1n) is 30.9. The van der Waals surface area contributed by atoms with Crippen LogP contribution in [0.4, 0.5) is 0 Å². The van der Waals surface area contributed by atoms with Crippen molar-refractivity contribution in [2.24, 2.45) is 23.7 Å². The molecule has 0 radical (unpaired) electrons. The van der Waals surface area contributed by atoms with Crippen molar-refractivity contribution in [2.45, 2.75) is 127 Å². The fourth-order valence-electron chi connectivity index (χ4n) is 11.1. The summed E-state index contributed by atoms with van der Waals surface area (Å²) in [6.07, 6.45) is 19.1. The van der Waals surface area contributed by atoms with Crippen molar-refractivity contribution in [2.75, 3.05) is 20.0 Å². The molecule has 0 bridgehead atoms. The van der Waals surface area contributed by atoms with Crippen LogP contribution in [0.3, 0.4) is 0 Å². The normalized spacial score (nSPS) is 19.0. The molecule has 5 aromatic carbocycles. The van der Waals surface area contributed by atoms with E-state index < -0.39 is 42.2 Å². The fraction of sp³-hybridized carbons (Fsp3) is 0.355. The molecule has 14 heteroatoms. The van der Waals surface area contributed by atoms with Gasteiger partial charge in [-0.05, 0) is 216 Å². The molecule has 14 nitrogen and oxygen atoms in total. The predicted octanol–water partition coefficient (Wildman–Crippen LogP) is 13.0. The lowest BCUT2D eigenvalue weighted by Crippen LogP contribution is -2.37. The van der Waals surface area contributed by atoms with Crippen LogP contribution in [0.5, 0.6) is 11.5 Å². The van der Waals surface area contributed by atoms with Crippen molar-refractivity contribution in [3.63, 3.8) is 0 Å². The van der Waals surface area contributed by atoms with E-state index in [2.05, 4.69) is 54.6 Å². The van der Waals surface area contributed by atoms with Gasteiger partial charge in [-0.25, -0.2) is 14.4 Å². The minimum atomic E-state index is -1.14. The Hall–Kier alpha value is -9.89. The Morgan fingerprint density at radius 2 is 0.811 bits per heavy atom. The van der Waals surface area contributed by atoms with Gasteiger partial charge in [-0.3, -0.25) is 19.2 Å². The molecule has 0 N–H and O–H groups in total. The second-order valence-electron chi connectivity index (χ2n) is 22.7. The Bertz CT molecular complexity index is 3550. The van der Waals surface area contributed by atoms with E-state index in [0.717, 1.165) is 89.6 Å². The highest BCUT2D eigenvalue weighted by Gasteiger charge is 2.39. The number of rotatable bonds is 22. The summed E-state index contributed by atoms with van der Waals surface area (Å²) < 4.78 is 38.4. The first kappa shape index (κ1) is 66.1. The van der Waals surface area contributed by atoms with E-state index >= 15 is 0 Å². The van der Waals surface area contributed by atoms with Gasteiger partial charge < -0.3 is 33.2 Å². The SMILES string of the molecule is C#Cc1ccc(C#Cc2ccc(C#Cc3ccc(C#CC4(OC(=O)c5ccc(OC(=O)C6CCC(C(=O)OCCCCCCCCOC(=O)C=C)CC6)cc5)CCC(c5ccc(OC(=O)C6CCC(C(=O)OCOC(=O)C=C)CC6)cc5)CC4)cc3)cc2)cc1. The molecule has 0 aliphatic heterocycles. The van der Waals surface area contributed by atoms with Crippen LogP contribution < -0.4 is 9.47 Å². The van der Waals surface area contributed by atoms with E-state index in [4.69, 9.17) is 39.6 Å². The molecule has 5 aromatic rings. The molecular formula is C76H74O14. The standard InChI is InChI=1S/C76H74O14/c1-4-54-13-15-55(16-14-54)17-18-56-19-21-57(22-20-56)23-24-58-25-27-59(28-26-58)45-48-76(49-46-61(47-50-76)60-37-41-67(42-38-60)88-73(81)65-35-31-63(32-36-65)72(80)87-53-86-70(78)6-3)90-75(83)66-39-43-68(44-40-66)89-74(82)64-33-29-62(30-34-64)71(79)85-52-12-10-8-7-9-11-51-84-69(77)5-2/h1,5-6,13-16,19-22,25-28,37-44,61-65H,2-3,7-12,29-36,46-47,49-53H2. The molecule has 0 amide bonds. The van der Waals surface area contributed by atoms with Gasteiger partial charge in [0.2, 0.25) is 6.79 Å². The van der Waals surface area contributed by atoms with Crippen LogP contribution in [-0.4, -0.2) is 67.4 Å². The molecule has 3 aliphatic rings. The van der Waals surface area contributed by atoms with Crippen LogP contribution in [0.2, 0.25) is 0 Å². The van der Waals surface area contributed by atoms with Crippen LogP contribution in [0.25, 0.3) is 0 Å². The molecule has 90 heavy (non-hydrogen) atoms. The molecule has 462 valence electrons. The van der Waals surface area contributed by atoms with E-state index in [1.54, 1.807) is 36.4 Å². The van der Waals surface area contributed by atoms with E-state index in [1.807, 2.05) is 84.9 Å². The number of esters is 7. The van der Waals surface area contributed by atoms with Gasteiger partial charge in [0.25, 0.3) is 0 Å². The van der Waals surface area contributed by atoms with Gasteiger partial charge >= 0.3 is 41.8 Å². The van der Waals surface area contributed by atoms with Gasteiger partial charge in [-0.15, -0.1) is 6.42 Å². The van der Waals surface area contributed by atoms with Crippen LogP contribution in [-0.2, 0) is 52.5 Å². The Labute approximate surface area is 527 Å². The zero-order chi connectivity index (χ0) is 63.5. The lowest BCUT2D eigenvalue weighted by atomic mass is 9.76. The molecule has 0 saturated heterocycles. The van der Waals surface area contributed by atoms with Crippen LogP contribution in [0.1, 0.15) is 171 Å². The van der Waals surface area contributed by atoms with Crippen molar-refractivity contribution < 1.29 is 66.7 Å². The zero-order valence-corrected chi connectivity index (χ0v) is 50.6. The summed E-state index contributed by atoms with van der Waals surface area (Å²) in [5, 5.41) is 0. The topological polar surface area (TPSA) is 184 Å². The number of hydrogen-bond acceptors (Lipinski definition) is 14. The third-order valence-electron chi connectivity index (χ3n) is 16.5. The largest absolute Gasteiger partial charge is 0.465 e. The highest BCUT2D eigenvalue weighted by atomic mass is 16.7. The third-order valence-corrected chi connectivity index (χ3v) is 16.5. The van der Waals surface area contributed by atoms with Gasteiger partial charge in [0.15, 0.2) is 5.60 Å². The number of unbranched alkanes of at least 4 members (excludes halogenated alkanes) is 5. The summed E-state index contributed by atoms with van der Waals surface area (Å²) in [6, 6.07) is 36.6. The quantitative estimate of drug-likeness (QED) is 0.0121. The van der Waals surface area contributed by atoms with Crippen molar-refractivity contribution >= 4 is 41.8 Å². The summed E-state index contributed by atoms with van der Waals surface area (Å²) in [4.78, 5) is 88.4. The summed E-state index contributed by atoms with van der Waals surface area (Å²) in [5.41, 5.74) is 5.06. The monoisotopic (exact) mass is 1210 g/mol. The number of benzene rings is 5. The lowest BCUT2D eigenvalue weighted by molar-refractivity contribution is -0.169. The highest BCUT2D eigenvalue weighted by molar-refractivity contribution is 5.90. The molecule has 0 heterocycles. The average Bonchev–Trinajstić information content (AvgIpc) is 1.66. The zero-order valence-electron chi connectivity index (χ0n) is 50.6. The van der Waals surface area contributed by atoms with Crippen molar-refractivity contribution in [1.29, 1.82) is 0 Å². The van der Waals surface area contributed by atoms with Gasteiger partial charge in [-0.1, -0.05) is 86.5 Å². The lowest BCUT2D eigenvalue weighted by Gasteiger charge is -2.36. The second-order valence-corrected chi connectivity index (χ2v) is 22.7. The summed E-state index contributed by atoms with van der Waals surface area (Å²) >= 11 is 0. The maximum atomic E-state index is 14.1. The van der Waals surface area contributed by atoms with Crippen molar-refractivity contribution in [3.05, 3.63) is 191 Å². The number of carbonyl (C=O) groups is 7. The molecule has 0 unspecified atom stereocenters. The summed E-state index contributed by atoms with van der Waals surface area (Å²) in [7, 11) is 0. The highest BCUT2D eigenvalue weighted by Crippen LogP contribution is 2.41. The first-order valence-corrected chi connectivity index (χ1v) is 30.9. The first-order chi connectivity index (χ1) is 43.8. The molecule has 0 spiro atoms. The smallest absolute Gasteiger partial charge is 0.339 e. The van der Waals surface area contributed by atoms with E-state index in [-0.39, 0.29) is 52.9 Å².